The maximum absolute atomic E-state index is 11.3. The van der Waals surface area contributed by atoms with Crippen LogP contribution in [0.25, 0.3) is 11.6 Å². The average molecular weight is 353 g/mol. The second-order valence-electron chi connectivity index (χ2n) is 6.11. The van der Waals surface area contributed by atoms with E-state index >= 15 is 0 Å². The first-order valence-corrected chi connectivity index (χ1v) is 7.82. The number of nitrogens with zero attached hydrogens (tertiary/aromatic N) is 6. The highest BCUT2D eigenvalue weighted by Gasteiger charge is 2.17. The largest absolute Gasteiger partial charge is 0.368 e. The van der Waals surface area contributed by atoms with Gasteiger partial charge >= 0.3 is 0 Å². The molecule has 0 aliphatic rings. The van der Waals surface area contributed by atoms with Crippen molar-refractivity contribution in [3.8, 4) is 6.07 Å². The predicted octanol–water partition coefficient (Wildman–Crippen LogP) is 2.62. The van der Waals surface area contributed by atoms with Crippen molar-refractivity contribution >= 4 is 29.2 Å². The summed E-state index contributed by atoms with van der Waals surface area (Å²) in [6.45, 7) is 3.77. The molecule has 9 heteroatoms. The van der Waals surface area contributed by atoms with Crippen LogP contribution in [0, 0.1) is 21.4 Å². The zero-order chi connectivity index (χ0) is 19.4. The minimum atomic E-state index is -0.427. The Bertz CT molecular complexity index is 914. The van der Waals surface area contributed by atoms with E-state index in [4.69, 9.17) is 5.73 Å². The molecule has 26 heavy (non-hydrogen) atoms. The monoisotopic (exact) mass is 353 g/mol. The van der Waals surface area contributed by atoms with Crippen LogP contribution in [-0.2, 0) is 0 Å². The van der Waals surface area contributed by atoms with Gasteiger partial charge in [-0.2, -0.15) is 20.2 Å². The van der Waals surface area contributed by atoms with Gasteiger partial charge in [-0.15, -0.1) is 0 Å². The van der Waals surface area contributed by atoms with Crippen LogP contribution in [0.4, 0.5) is 17.6 Å². The van der Waals surface area contributed by atoms with Crippen LogP contribution in [0.5, 0.6) is 0 Å². The number of nitrogens with two attached hydrogens (primary N) is 1. The number of rotatable bonds is 5. The molecule has 0 radical (unpaired) electrons. The highest BCUT2D eigenvalue weighted by molar-refractivity contribution is 5.87. The number of benzene rings is 1. The molecule has 0 amide bonds. The molecule has 0 bridgehead atoms. The summed E-state index contributed by atoms with van der Waals surface area (Å²) in [5.74, 6) is 0.421. The van der Waals surface area contributed by atoms with Crippen LogP contribution in [0.15, 0.2) is 18.2 Å². The Hall–Kier alpha value is -3.54. The molecule has 1 aromatic carbocycles. The second-order valence-corrected chi connectivity index (χ2v) is 6.11. The summed E-state index contributed by atoms with van der Waals surface area (Å²) < 4.78 is 0. The van der Waals surface area contributed by atoms with Crippen molar-refractivity contribution < 1.29 is 4.92 Å². The molecule has 0 atom stereocenters. The number of nitro groups is 1. The number of aromatic nitrogens is 3. The Kier molecular flexibility index (Phi) is 5.47. The lowest BCUT2D eigenvalue weighted by Crippen LogP contribution is -2.15. The van der Waals surface area contributed by atoms with Gasteiger partial charge in [0.2, 0.25) is 11.9 Å². The number of allylic oxidation sites excluding steroid dienone is 1. The second kappa shape index (κ2) is 7.57. The van der Waals surface area contributed by atoms with E-state index in [1.165, 1.54) is 12.1 Å². The van der Waals surface area contributed by atoms with Crippen LogP contribution < -0.4 is 10.6 Å². The first kappa shape index (κ1) is 18.8. The van der Waals surface area contributed by atoms with E-state index in [0.717, 1.165) is 0 Å². The van der Waals surface area contributed by atoms with E-state index in [1.807, 2.05) is 19.9 Å². The van der Waals surface area contributed by atoms with E-state index in [0.29, 0.717) is 17.1 Å². The summed E-state index contributed by atoms with van der Waals surface area (Å²) in [6, 6.07) is 6.86. The molecule has 2 rings (SSSR count). The zero-order valence-electron chi connectivity index (χ0n) is 15.0. The SMILES string of the molecule is CC(C)c1ccc(/C=C(\C#N)c2nc(N)nc(N(C)C)n2)cc1[N+](=O)[O-]. The fourth-order valence-corrected chi connectivity index (χ4v) is 2.31. The van der Waals surface area contributed by atoms with E-state index in [1.54, 1.807) is 31.1 Å². The lowest BCUT2D eigenvalue weighted by atomic mass is 9.98. The van der Waals surface area contributed by atoms with Gasteiger partial charge in [-0.3, -0.25) is 10.1 Å². The van der Waals surface area contributed by atoms with Crippen molar-refractivity contribution in [2.45, 2.75) is 19.8 Å². The minimum Gasteiger partial charge on any atom is -0.368 e. The van der Waals surface area contributed by atoms with Gasteiger partial charge in [-0.25, -0.2) is 0 Å². The number of hydrogen-bond acceptors (Lipinski definition) is 8. The van der Waals surface area contributed by atoms with Crippen molar-refractivity contribution in [2.75, 3.05) is 24.7 Å². The van der Waals surface area contributed by atoms with Crippen LogP contribution in [0.2, 0.25) is 0 Å². The molecule has 2 N–H and O–H groups in total. The van der Waals surface area contributed by atoms with E-state index in [-0.39, 0.29) is 29.0 Å². The van der Waals surface area contributed by atoms with Crippen molar-refractivity contribution in [1.82, 2.24) is 15.0 Å². The highest BCUT2D eigenvalue weighted by Crippen LogP contribution is 2.28. The molecule has 0 saturated heterocycles. The average Bonchev–Trinajstić information content (AvgIpc) is 2.58. The minimum absolute atomic E-state index is 0.00912. The van der Waals surface area contributed by atoms with Gasteiger partial charge in [0.15, 0.2) is 5.82 Å². The number of hydrogen-bond donors (Lipinski definition) is 1. The van der Waals surface area contributed by atoms with Gasteiger partial charge in [-0.05, 0) is 17.6 Å². The molecule has 0 saturated carbocycles. The molecule has 0 aliphatic carbocycles. The number of nitriles is 1. The summed E-state index contributed by atoms with van der Waals surface area (Å²) in [5, 5.41) is 20.8. The number of nitro benzene ring substituents is 1. The quantitative estimate of drug-likeness (QED) is 0.492. The smallest absolute Gasteiger partial charge is 0.273 e. The lowest BCUT2D eigenvalue weighted by molar-refractivity contribution is -0.385. The third-order valence-electron chi connectivity index (χ3n) is 3.59. The molecular formula is C17H19N7O2. The van der Waals surface area contributed by atoms with Gasteiger partial charge in [0.05, 0.1) is 10.5 Å². The van der Waals surface area contributed by atoms with Gasteiger partial charge in [-0.1, -0.05) is 26.0 Å². The highest BCUT2D eigenvalue weighted by atomic mass is 16.6. The summed E-state index contributed by atoms with van der Waals surface area (Å²) >= 11 is 0. The number of nitrogen functional groups attached to an aromatic ring is 1. The molecular weight excluding hydrogens is 334 g/mol. The third-order valence-corrected chi connectivity index (χ3v) is 3.59. The van der Waals surface area contributed by atoms with Crippen molar-refractivity contribution in [2.24, 2.45) is 0 Å². The molecule has 0 fully saturated rings. The molecule has 2 aromatic rings. The molecule has 9 nitrogen and oxygen atoms in total. The van der Waals surface area contributed by atoms with Crippen molar-refractivity contribution in [1.29, 1.82) is 5.26 Å². The van der Waals surface area contributed by atoms with Gasteiger partial charge in [0.25, 0.3) is 5.69 Å². The normalized spacial score (nSPS) is 11.3. The van der Waals surface area contributed by atoms with Gasteiger partial charge in [0.1, 0.15) is 6.07 Å². The fourth-order valence-electron chi connectivity index (χ4n) is 2.31. The van der Waals surface area contributed by atoms with E-state index < -0.39 is 4.92 Å². The Balaban J connectivity index is 2.55. The van der Waals surface area contributed by atoms with Crippen molar-refractivity contribution in [3.05, 3.63) is 45.3 Å². The maximum Gasteiger partial charge on any atom is 0.273 e. The van der Waals surface area contributed by atoms with Crippen LogP contribution in [-0.4, -0.2) is 34.0 Å². The Morgan fingerprint density at radius 2 is 2.04 bits per heavy atom. The number of anilines is 2. The van der Waals surface area contributed by atoms with Gasteiger partial charge in [0, 0.05) is 25.7 Å². The summed E-state index contributed by atoms with van der Waals surface area (Å²) in [4.78, 5) is 24.7. The van der Waals surface area contributed by atoms with E-state index in [2.05, 4.69) is 15.0 Å². The Morgan fingerprint density at radius 3 is 2.58 bits per heavy atom. The van der Waals surface area contributed by atoms with E-state index in [9.17, 15) is 15.4 Å². The van der Waals surface area contributed by atoms with Crippen LogP contribution >= 0.6 is 0 Å². The van der Waals surface area contributed by atoms with Crippen LogP contribution in [0.1, 0.15) is 36.7 Å². The summed E-state index contributed by atoms with van der Waals surface area (Å²) in [7, 11) is 3.48. The lowest BCUT2D eigenvalue weighted by Gasteiger charge is -2.11. The summed E-state index contributed by atoms with van der Waals surface area (Å²) in [5.41, 5.74) is 6.96. The third kappa shape index (κ3) is 4.10. The molecule has 1 heterocycles. The predicted molar refractivity (Wildman–Crippen MR) is 99.2 cm³/mol. The molecule has 134 valence electrons. The molecule has 1 aromatic heterocycles. The Morgan fingerprint density at radius 1 is 1.35 bits per heavy atom. The first-order chi connectivity index (χ1) is 12.2. The topological polar surface area (TPSA) is 135 Å². The molecule has 0 spiro atoms. The first-order valence-electron chi connectivity index (χ1n) is 7.82. The van der Waals surface area contributed by atoms with Crippen molar-refractivity contribution in [3.63, 3.8) is 0 Å². The van der Waals surface area contributed by atoms with Crippen LogP contribution in [0.3, 0.4) is 0 Å². The standard InChI is InChI=1S/C17H19N7O2/c1-10(2)13-6-5-11(8-14(13)24(25)26)7-12(9-18)15-20-16(19)22-17(21-15)23(3)4/h5-8,10H,1-4H3,(H2,19,20,21,22)/b12-7+. The fraction of sp³-hybridized carbons (Fsp3) is 0.294. The maximum atomic E-state index is 11.3. The van der Waals surface area contributed by atoms with Gasteiger partial charge < -0.3 is 10.6 Å². The molecule has 0 unspecified atom stereocenters. The zero-order valence-corrected chi connectivity index (χ0v) is 15.0. The Labute approximate surface area is 151 Å². The summed E-state index contributed by atoms with van der Waals surface area (Å²) in [6.07, 6.45) is 1.49. The molecule has 0 aliphatic heterocycles.